The van der Waals surface area contributed by atoms with E-state index in [4.69, 9.17) is 0 Å². The maximum atomic E-state index is 2.43. The van der Waals surface area contributed by atoms with Crippen LogP contribution in [0.1, 0.15) is 52.7 Å². The van der Waals surface area contributed by atoms with Gasteiger partial charge in [-0.25, -0.2) is 0 Å². The maximum Gasteiger partial charge on any atom is 0.0541 e. The van der Waals surface area contributed by atoms with Crippen molar-refractivity contribution >= 4 is 65.2 Å². The first-order valence-corrected chi connectivity index (χ1v) is 33.7. The summed E-state index contributed by atoms with van der Waals surface area (Å²) in [6.07, 6.45) is 0. The maximum absolute atomic E-state index is 2.43. The third-order valence-electron chi connectivity index (χ3n) is 20.1. The van der Waals surface area contributed by atoms with E-state index < -0.39 is 0 Å². The third kappa shape index (κ3) is 10.3. The molecule has 2 aromatic heterocycles. The summed E-state index contributed by atoms with van der Waals surface area (Å²) in [6.45, 7) is 13.8. The molecule has 0 spiro atoms. The average molecular weight is 1230 g/mol. The van der Waals surface area contributed by atoms with E-state index >= 15 is 0 Å². The molecule has 0 amide bonds. The molecule has 17 aromatic rings. The standard InChI is InChI=1S/C94H72N2/c1-93(2,3)75-47-53-89-83(59-75)81-55-73(45-51-87(81)95(89)77-23-15-9-16-24-77)67-31-27-63(28-32-67)65-35-39-69(40-36-65)91-79-49-43-72(62-21-13-8-14-22-62)58-86(79)92(80-50-44-71(57-85(80)91)61-19-11-7-12-20-61)70-41-37-66(38-42-70)64-29-33-68(34-30-64)74-46-52-88-82(56-74)84-60-76(94(4,5)6)48-54-90(84)96(88)78-25-17-10-18-26-78/h7-60H,1-6H3. The zero-order valence-corrected chi connectivity index (χ0v) is 55.1. The molecule has 96 heavy (non-hydrogen) atoms. The Bertz CT molecular complexity index is 5440. The van der Waals surface area contributed by atoms with Gasteiger partial charge in [0, 0.05) is 32.9 Å². The van der Waals surface area contributed by atoms with Crippen LogP contribution >= 0.6 is 0 Å². The van der Waals surface area contributed by atoms with Crippen molar-refractivity contribution in [2.45, 2.75) is 52.4 Å². The van der Waals surface area contributed by atoms with Gasteiger partial charge in [0.05, 0.1) is 22.1 Å². The van der Waals surface area contributed by atoms with E-state index in [0.29, 0.717) is 0 Å². The monoisotopic (exact) mass is 1230 g/mol. The highest BCUT2D eigenvalue weighted by Crippen LogP contribution is 2.48. The molecule has 0 aliphatic carbocycles. The largest absolute Gasteiger partial charge is 0.309 e. The summed E-state index contributed by atoms with van der Waals surface area (Å²) in [4.78, 5) is 0. The molecule has 2 heteroatoms. The predicted molar refractivity (Wildman–Crippen MR) is 411 cm³/mol. The highest BCUT2D eigenvalue weighted by Gasteiger charge is 2.23. The second-order valence-corrected chi connectivity index (χ2v) is 28.1. The number of aromatic nitrogens is 2. The van der Waals surface area contributed by atoms with Crippen molar-refractivity contribution < 1.29 is 0 Å². The number of nitrogens with zero attached hydrogens (tertiary/aromatic N) is 2. The van der Waals surface area contributed by atoms with Crippen LogP contribution in [0, 0.1) is 0 Å². The Hall–Kier alpha value is -11.6. The zero-order chi connectivity index (χ0) is 64.8. The molecular formula is C94H72N2. The Morgan fingerprint density at radius 2 is 0.406 bits per heavy atom. The molecular weight excluding hydrogens is 1160 g/mol. The van der Waals surface area contributed by atoms with E-state index in [2.05, 4.69) is 378 Å². The normalized spacial score (nSPS) is 12.1. The lowest BCUT2D eigenvalue weighted by Gasteiger charge is -2.20. The number of benzene rings is 15. The Kier molecular flexibility index (Phi) is 14.1. The third-order valence-corrected chi connectivity index (χ3v) is 20.1. The molecule has 0 bridgehead atoms. The van der Waals surface area contributed by atoms with Gasteiger partial charge in [0.25, 0.3) is 0 Å². The van der Waals surface area contributed by atoms with Crippen molar-refractivity contribution in [1.82, 2.24) is 9.13 Å². The van der Waals surface area contributed by atoms with Crippen molar-refractivity contribution in [3.05, 3.63) is 339 Å². The molecule has 0 fully saturated rings. The quantitative estimate of drug-likeness (QED) is 0.121. The molecule has 0 aliphatic heterocycles. The molecule has 0 atom stereocenters. The van der Waals surface area contributed by atoms with Crippen LogP contribution in [0.4, 0.5) is 0 Å². The minimum absolute atomic E-state index is 0.0310. The van der Waals surface area contributed by atoms with Crippen LogP contribution in [-0.2, 0) is 10.8 Å². The van der Waals surface area contributed by atoms with E-state index in [9.17, 15) is 0 Å². The number of fused-ring (bicyclic) bond motifs is 8. The van der Waals surface area contributed by atoms with E-state index in [0.717, 1.165) is 0 Å². The minimum Gasteiger partial charge on any atom is -0.309 e. The number of hydrogen-bond acceptors (Lipinski definition) is 0. The first-order chi connectivity index (χ1) is 46.8. The Balaban J connectivity index is 0.733. The summed E-state index contributed by atoms with van der Waals surface area (Å²) in [6, 6.07) is 122. The van der Waals surface area contributed by atoms with Crippen LogP contribution in [0.25, 0.3) is 166 Å². The lowest BCUT2D eigenvalue weighted by molar-refractivity contribution is 0.591. The topological polar surface area (TPSA) is 9.86 Å². The van der Waals surface area contributed by atoms with Gasteiger partial charge in [-0.2, -0.15) is 0 Å². The molecule has 458 valence electrons. The molecule has 17 rings (SSSR count). The van der Waals surface area contributed by atoms with Crippen LogP contribution in [-0.4, -0.2) is 9.13 Å². The Morgan fingerprint density at radius 1 is 0.177 bits per heavy atom. The van der Waals surface area contributed by atoms with Crippen LogP contribution in [0.5, 0.6) is 0 Å². The number of rotatable bonds is 10. The fourth-order valence-corrected chi connectivity index (χ4v) is 14.9. The van der Waals surface area contributed by atoms with Crippen LogP contribution in [0.3, 0.4) is 0 Å². The molecule has 0 radical (unpaired) electrons. The van der Waals surface area contributed by atoms with Gasteiger partial charge >= 0.3 is 0 Å². The SMILES string of the molecule is CC(C)(C)c1ccc2c(c1)c1cc(-c3ccc(-c4ccc(-c5c6ccc(-c7ccccc7)cc6c(-c6ccc(-c7ccc(-c8ccc9c(c8)c8cc(C(C)(C)C)ccc8n9-c8ccccc8)cc7)cc6)c6ccc(-c7ccccc7)cc56)cc4)cc3)ccc1n2-c1ccccc1. The van der Waals surface area contributed by atoms with E-state index in [1.165, 1.54) is 177 Å². The summed E-state index contributed by atoms with van der Waals surface area (Å²) in [5.41, 5.74) is 29.0. The summed E-state index contributed by atoms with van der Waals surface area (Å²) in [5.74, 6) is 0. The van der Waals surface area contributed by atoms with Gasteiger partial charge in [0.2, 0.25) is 0 Å². The van der Waals surface area contributed by atoms with Crippen molar-refractivity contribution in [2.75, 3.05) is 0 Å². The molecule has 0 saturated carbocycles. The van der Waals surface area contributed by atoms with E-state index in [-0.39, 0.29) is 10.8 Å². The molecule has 0 saturated heterocycles. The number of para-hydroxylation sites is 2. The molecule has 0 unspecified atom stereocenters. The van der Waals surface area contributed by atoms with Crippen LogP contribution in [0.15, 0.2) is 328 Å². The first kappa shape index (κ1) is 58.3. The summed E-state index contributed by atoms with van der Waals surface area (Å²) < 4.78 is 4.82. The van der Waals surface area contributed by atoms with Crippen molar-refractivity contribution in [3.8, 4) is 100 Å². The highest BCUT2D eigenvalue weighted by molar-refractivity contribution is 6.23. The van der Waals surface area contributed by atoms with Crippen molar-refractivity contribution in [2.24, 2.45) is 0 Å². The lowest BCUT2D eigenvalue weighted by Crippen LogP contribution is -2.10. The van der Waals surface area contributed by atoms with Gasteiger partial charge < -0.3 is 9.13 Å². The second-order valence-electron chi connectivity index (χ2n) is 28.1. The fraction of sp³-hybridized carbons (Fsp3) is 0.0851. The molecule has 0 N–H and O–H groups in total. The molecule has 0 aliphatic rings. The number of hydrogen-bond donors (Lipinski definition) is 0. The minimum atomic E-state index is 0.0310. The highest BCUT2D eigenvalue weighted by atomic mass is 15.0. The molecule has 2 heterocycles. The first-order valence-electron chi connectivity index (χ1n) is 33.7. The predicted octanol–water partition coefficient (Wildman–Crippen LogP) is 26.1. The fourth-order valence-electron chi connectivity index (χ4n) is 14.9. The second kappa shape index (κ2) is 23.2. The van der Waals surface area contributed by atoms with Gasteiger partial charge in [-0.3, -0.25) is 0 Å². The Labute approximate surface area is 562 Å². The zero-order valence-electron chi connectivity index (χ0n) is 55.1. The van der Waals surface area contributed by atoms with Gasteiger partial charge in [-0.15, -0.1) is 0 Å². The lowest BCUT2D eigenvalue weighted by atomic mass is 9.83. The van der Waals surface area contributed by atoms with Gasteiger partial charge in [0.15, 0.2) is 0 Å². The summed E-state index contributed by atoms with van der Waals surface area (Å²) in [7, 11) is 0. The van der Waals surface area contributed by atoms with E-state index in [1.807, 2.05) is 0 Å². The van der Waals surface area contributed by atoms with Crippen molar-refractivity contribution in [3.63, 3.8) is 0 Å². The summed E-state index contributed by atoms with van der Waals surface area (Å²) >= 11 is 0. The van der Waals surface area contributed by atoms with E-state index in [1.54, 1.807) is 0 Å². The van der Waals surface area contributed by atoms with Crippen LogP contribution < -0.4 is 0 Å². The van der Waals surface area contributed by atoms with Gasteiger partial charge in [-0.05, 0) is 217 Å². The van der Waals surface area contributed by atoms with Gasteiger partial charge in [-0.1, -0.05) is 284 Å². The van der Waals surface area contributed by atoms with Gasteiger partial charge in [0.1, 0.15) is 0 Å². The summed E-state index contributed by atoms with van der Waals surface area (Å²) in [5, 5.41) is 9.96. The Morgan fingerprint density at radius 3 is 0.719 bits per heavy atom. The smallest absolute Gasteiger partial charge is 0.0541 e. The van der Waals surface area contributed by atoms with Crippen LogP contribution in [0.2, 0.25) is 0 Å². The molecule has 2 nitrogen and oxygen atoms in total. The molecule has 15 aromatic carbocycles. The van der Waals surface area contributed by atoms with Crippen molar-refractivity contribution in [1.29, 1.82) is 0 Å². The average Bonchev–Trinajstić information content (AvgIpc) is 0.869.